The summed E-state index contributed by atoms with van der Waals surface area (Å²) in [4.78, 5) is 6.33. The number of guanidine groups is 1. The van der Waals surface area contributed by atoms with E-state index in [1.807, 2.05) is 37.1 Å². The molecule has 0 bridgehead atoms. The van der Waals surface area contributed by atoms with Crippen molar-refractivity contribution < 1.29 is 22.6 Å². The molecule has 0 aliphatic heterocycles. The van der Waals surface area contributed by atoms with Crippen LogP contribution in [0.2, 0.25) is 0 Å². The van der Waals surface area contributed by atoms with Crippen molar-refractivity contribution in [3.63, 3.8) is 0 Å². The minimum atomic E-state index is -4.10. The van der Waals surface area contributed by atoms with Crippen LogP contribution in [0.15, 0.2) is 23.2 Å². The second kappa shape index (κ2) is 10.8. The standard InChI is InChI=1S/C18H28F3N3O2/c1-5-22-17(23-11-7-6-10-18(19,20)21)24(2)13-14-8-9-15(25-3)12-16(14)26-4/h8-9,12H,5-7,10-11,13H2,1-4H3,(H,22,23). The minimum Gasteiger partial charge on any atom is -0.497 e. The topological polar surface area (TPSA) is 46.1 Å². The molecule has 0 fully saturated rings. The number of halogens is 3. The summed E-state index contributed by atoms with van der Waals surface area (Å²) in [6, 6.07) is 5.58. The molecule has 1 aromatic rings. The quantitative estimate of drug-likeness (QED) is 0.405. The third-order valence-electron chi connectivity index (χ3n) is 3.73. The molecule has 0 saturated carbocycles. The molecule has 0 aliphatic rings. The molecule has 5 nitrogen and oxygen atoms in total. The number of nitrogens with one attached hydrogen (secondary N) is 1. The Balaban J connectivity index is 2.70. The number of alkyl halides is 3. The Labute approximate surface area is 153 Å². The maximum Gasteiger partial charge on any atom is 0.389 e. The van der Waals surface area contributed by atoms with Crippen LogP contribution < -0.4 is 14.8 Å². The largest absolute Gasteiger partial charge is 0.497 e. The van der Waals surface area contributed by atoms with Crippen LogP contribution in [0, 0.1) is 0 Å². The van der Waals surface area contributed by atoms with Gasteiger partial charge < -0.3 is 19.7 Å². The van der Waals surface area contributed by atoms with Crippen molar-refractivity contribution >= 4 is 5.96 Å². The Morgan fingerprint density at radius 3 is 2.50 bits per heavy atom. The molecule has 0 amide bonds. The number of rotatable bonds is 9. The van der Waals surface area contributed by atoms with E-state index < -0.39 is 12.6 Å². The van der Waals surface area contributed by atoms with Crippen molar-refractivity contribution in [1.29, 1.82) is 0 Å². The van der Waals surface area contributed by atoms with E-state index in [-0.39, 0.29) is 6.42 Å². The van der Waals surface area contributed by atoms with Gasteiger partial charge in [0, 0.05) is 44.7 Å². The fourth-order valence-electron chi connectivity index (χ4n) is 2.40. The van der Waals surface area contributed by atoms with E-state index in [1.165, 1.54) is 0 Å². The first-order valence-electron chi connectivity index (χ1n) is 8.57. The Hall–Kier alpha value is -2.12. The second-order valence-electron chi connectivity index (χ2n) is 5.84. The predicted molar refractivity (Wildman–Crippen MR) is 96.9 cm³/mol. The first-order valence-corrected chi connectivity index (χ1v) is 8.57. The van der Waals surface area contributed by atoms with Gasteiger partial charge >= 0.3 is 6.18 Å². The van der Waals surface area contributed by atoms with Crippen LogP contribution in [0.25, 0.3) is 0 Å². The second-order valence-corrected chi connectivity index (χ2v) is 5.84. The lowest BCUT2D eigenvalue weighted by Gasteiger charge is -2.23. The summed E-state index contributed by atoms with van der Waals surface area (Å²) in [7, 11) is 5.06. The molecular formula is C18H28F3N3O2. The van der Waals surface area contributed by atoms with E-state index in [9.17, 15) is 13.2 Å². The molecule has 1 rings (SSSR count). The van der Waals surface area contributed by atoms with Gasteiger partial charge in [-0.2, -0.15) is 13.2 Å². The van der Waals surface area contributed by atoms with Crippen LogP contribution in [0.3, 0.4) is 0 Å². The molecule has 0 unspecified atom stereocenters. The number of unbranched alkanes of at least 4 members (excludes halogenated alkanes) is 1. The summed E-state index contributed by atoms with van der Waals surface area (Å²) in [6.45, 7) is 3.51. The van der Waals surface area contributed by atoms with Crippen LogP contribution in [0.1, 0.15) is 31.7 Å². The average molecular weight is 375 g/mol. The van der Waals surface area contributed by atoms with E-state index in [0.717, 1.165) is 5.56 Å². The lowest BCUT2D eigenvalue weighted by molar-refractivity contribution is -0.135. The van der Waals surface area contributed by atoms with Crippen LogP contribution in [0.5, 0.6) is 11.5 Å². The van der Waals surface area contributed by atoms with Gasteiger partial charge in [0.05, 0.1) is 14.2 Å². The van der Waals surface area contributed by atoms with Crippen LogP contribution >= 0.6 is 0 Å². The minimum absolute atomic E-state index is 0.0857. The van der Waals surface area contributed by atoms with Crippen LogP contribution in [-0.2, 0) is 6.54 Å². The van der Waals surface area contributed by atoms with Crippen molar-refractivity contribution in [3.8, 4) is 11.5 Å². The van der Waals surface area contributed by atoms with Gasteiger partial charge in [0.25, 0.3) is 0 Å². The molecule has 0 spiro atoms. The van der Waals surface area contributed by atoms with Gasteiger partial charge in [-0.05, 0) is 31.9 Å². The summed E-state index contributed by atoms with van der Waals surface area (Å²) < 4.78 is 47.1. The van der Waals surface area contributed by atoms with E-state index in [4.69, 9.17) is 9.47 Å². The number of hydrogen-bond donors (Lipinski definition) is 1. The number of nitrogens with zero attached hydrogens (tertiary/aromatic N) is 2. The molecule has 0 radical (unpaired) electrons. The van der Waals surface area contributed by atoms with E-state index in [1.54, 1.807) is 14.2 Å². The SMILES string of the molecule is CCNC(=NCCCCC(F)(F)F)N(C)Cc1ccc(OC)cc1OC. The fourth-order valence-corrected chi connectivity index (χ4v) is 2.40. The normalized spacial score (nSPS) is 12.0. The third-order valence-corrected chi connectivity index (χ3v) is 3.73. The van der Waals surface area contributed by atoms with E-state index in [0.29, 0.717) is 43.5 Å². The zero-order valence-corrected chi connectivity index (χ0v) is 15.8. The summed E-state index contributed by atoms with van der Waals surface area (Å²) in [5.74, 6) is 2.06. The fraction of sp³-hybridized carbons (Fsp3) is 0.611. The molecule has 0 atom stereocenters. The number of aliphatic imine (C=N–C) groups is 1. The Morgan fingerprint density at radius 2 is 1.92 bits per heavy atom. The first kappa shape index (κ1) is 21.9. The average Bonchev–Trinajstić information content (AvgIpc) is 2.59. The van der Waals surface area contributed by atoms with Crippen molar-refractivity contribution in [2.75, 3.05) is 34.4 Å². The van der Waals surface area contributed by atoms with E-state index >= 15 is 0 Å². The molecule has 0 aromatic heterocycles. The highest BCUT2D eigenvalue weighted by atomic mass is 19.4. The number of ether oxygens (including phenoxy) is 2. The van der Waals surface area contributed by atoms with Gasteiger partial charge in [-0.15, -0.1) is 0 Å². The van der Waals surface area contributed by atoms with Crippen molar-refractivity contribution in [1.82, 2.24) is 10.2 Å². The van der Waals surface area contributed by atoms with Gasteiger partial charge in [0.2, 0.25) is 0 Å². The molecule has 0 heterocycles. The highest BCUT2D eigenvalue weighted by Gasteiger charge is 2.25. The first-order chi connectivity index (χ1) is 12.3. The van der Waals surface area contributed by atoms with Gasteiger partial charge in [-0.3, -0.25) is 4.99 Å². The third kappa shape index (κ3) is 7.84. The highest BCUT2D eigenvalue weighted by Crippen LogP contribution is 2.25. The summed E-state index contributed by atoms with van der Waals surface area (Å²) in [6.07, 6.45) is -4.38. The lowest BCUT2D eigenvalue weighted by Crippen LogP contribution is -2.38. The molecule has 26 heavy (non-hydrogen) atoms. The van der Waals surface area contributed by atoms with Crippen LogP contribution in [-0.4, -0.2) is 51.4 Å². The summed E-state index contributed by atoms with van der Waals surface area (Å²) >= 11 is 0. The van der Waals surface area contributed by atoms with Gasteiger partial charge in [-0.25, -0.2) is 0 Å². The van der Waals surface area contributed by atoms with Crippen molar-refractivity contribution in [2.24, 2.45) is 4.99 Å². The lowest BCUT2D eigenvalue weighted by atomic mass is 10.2. The molecular weight excluding hydrogens is 347 g/mol. The highest BCUT2D eigenvalue weighted by molar-refractivity contribution is 5.79. The maximum absolute atomic E-state index is 12.2. The zero-order valence-electron chi connectivity index (χ0n) is 15.8. The van der Waals surface area contributed by atoms with Gasteiger partial charge in [-0.1, -0.05) is 0 Å². The number of methoxy groups -OCH3 is 2. The molecule has 8 heteroatoms. The molecule has 1 aromatic carbocycles. The van der Waals surface area contributed by atoms with Gasteiger partial charge in [0.1, 0.15) is 11.5 Å². The zero-order chi connectivity index (χ0) is 19.6. The smallest absolute Gasteiger partial charge is 0.389 e. The van der Waals surface area contributed by atoms with E-state index in [2.05, 4.69) is 10.3 Å². The summed E-state index contributed by atoms with van der Waals surface area (Å²) in [5, 5.41) is 3.16. The van der Waals surface area contributed by atoms with Crippen molar-refractivity contribution in [2.45, 2.75) is 38.9 Å². The predicted octanol–water partition coefficient (Wildman–Crippen LogP) is 3.83. The Morgan fingerprint density at radius 1 is 1.19 bits per heavy atom. The maximum atomic E-state index is 12.2. The van der Waals surface area contributed by atoms with Crippen molar-refractivity contribution in [3.05, 3.63) is 23.8 Å². The monoisotopic (exact) mass is 375 g/mol. The van der Waals surface area contributed by atoms with Gasteiger partial charge in [0.15, 0.2) is 5.96 Å². The molecule has 148 valence electrons. The molecule has 1 N–H and O–H groups in total. The number of hydrogen-bond acceptors (Lipinski definition) is 3. The number of benzene rings is 1. The Bertz CT molecular complexity index is 577. The Kier molecular flexibility index (Phi) is 9.09. The van der Waals surface area contributed by atoms with Crippen LogP contribution in [0.4, 0.5) is 13.2 Å². The molecule has 0 aliphatic carbocycles. The molecule has 0 saturated heterocycles. The summed E-state index contributed by atoms with van der Waals surface area (Å²) in [5.41, 5.74) is 0.957.